The third kappa shape index (κ3) is 44.1. The van der Waals surface area contributed by atoms with Gasteiger partial charge in [0.05, 0.1) is 12.5 Å². The number of nitrogens with zero attached hydrogens (tertiary/aromatic N) is 2. The monoisotopic (exact) mass is 979 g/mol. The van der Waals surface area contributed by atoms with Crippen LogP contribution in [0.1, 0.15) is 298 Å². The molecule has 0 fully saturated rings. The summed E-state index contributed by atoms with van der Waals surface area (Å²) in [7, 11) is 4.05. The number of esters is 3. The second kappa shape index (κ2) is 49.2. The van der Waals surface area contributed by atoms with Crippen LogP contribution in [0, 0.1) is 0 Å². The van der Waals surface area contributed by atoms with Gasteiger partial charge in [0.1, 0.15) is 18.3 Å². The Hall–Kier alpha value is -2.36. The molecule has 10 nitrogen and oxygen atoms in total. The molecule has 0 aromatic heterocycles. The van der Waals surface area contributed by atoms with Gasteiger partial charge in [-0.15, -0.1) is 0 Å². The van der Waals surface area contributed by atoms with Gasteiger partial charge in [-0.2, -0.15) is 0 Å². The molecule has 0 aromatic carbocycles. The molecular weight excluding hydrogens is 865 g/mol. The Morgan fingerprint density at radius 1 is 0.333 bits per heavy atom. The van der Waals surface area contributed by atoms with E-state index in [0.29, 0.717) is 19.4 Å². The Morgan fingerprint density at radius 2 is 0.667 bits per heavy atom. The highest BCUT2D eigenvalue weighted by molar-refractivity contribution is 5.72. The van der Waals surface area contributed by atoms with Crippen LogP contribution in [0.3, 0.4) is 0 Å². The molecule has 0 radical (unpaired) electrons. The molecule has 0 N–H and O–H groups in total. The van der Waals surface area contributed by atoms with Gasteiger partial charge in [0.15, 0.2) is 0 Å². The number of hydrogen-bond acceptors (Lipinski definition) is 9. The van der Waals surface area contributed by atoms with Gasteiger partial charge in [0.25, 0.3) is 0 Å². The Morgan fingerprint density at radius 3 is 1.03 bits per heavy atom. The van der Waals surface area contributed by atoms with Crippen molar-refractivity contribution in [1.29, 1.82) is 0 Å². The predicted octanol–water partition coefficient (Wildman–Crippen LogP) is 16.8. The van der Waals surface area contributed by atoms with Crippen LogP contribution in [0.5, 0.6) is 0 Å². The van der Waals surface area contributed by atoms with E-state index >= 15 is 0 Å². The average molecular weight is 980 g/mol. The van der Waals surface area contributed by atoms with Crippen molar-refractivity contribution in [3.63, 3.8) is 0 Å². The summed E-state index contributed by atoms with van der Waals surface area (Å²) < 4.78 is 23.9. The van der Waals surface area contributed by atoms with Crippen LogP contribution in [0.25, 0.3) is 0 Å². The first-order chi connectivity index (χ1) is 33.5. The van der Waals surface area contributed by atoms with E-state index in [-0.39, 0.29) is 61.4 Å². The fourth-order valence-corrected chi connectivity index (χ4v) is 9.23. The van der Waals surface area contributed by atoms with E-state index in [1.807, 2.05) is 21.0 Å². The number of amides is 1. The van der Waals surface area contributed by atoms with Gasteiger partial charge in [0, 0.05) is 25.9 Å². The van der Waals surface area contributed by atoms with E-state index in [1.54, 1.807) is 4.90 Å². The van der Waals surface area contributed by atoms with E-state index in [0.717, 1.165) is 167 Å². The lowest BCUT2D eigenvalue weighted by Gasteiger charge is -2.26. The fourth-order valence-electron chi connectivity index (χ4n) is 9.23. The molecule has 0 heterocycles. The van der Waals surface area contributed by atoms with Gasteiger partial charge >= 0.3 is 24.0 Å². The minimum atomic E-state index is -0.333. The largest absolute Gasteiger partial charge is 0.463 e. The summed E-state index contributed by atoms with van der Waals surface area (Å²) in [6, 6.07) is 0. The summed E-state index contributed by atoms with van der Waals surface area (Å²) >= 11 is 0. The molecule has 69 heavy (non-hydrogen) atoms. The van der Waals surface area contributed by atoms with Gasteiger partial charge < -0.3 is 28.7 Å². The van der Waals surface area contributed by atoms with Crippen LogP contribution < -0.4 is 0 Å². The van der Waals surface area contributed by atoms with Crippen LogP contribution in [-0.2, 0) is 33.3 Å². The molecule has 0 bridgehead atoms. The molecule has 1 amide bonds. The van der Waals surface area contributed by atoms with Gasteiger partial charge in [-0.05, 0) is 130 Å². The molecule has 0 saturated carbocycles. The molecule has 0 aromatic rings. The van der Waals surface area contributed by atoms with E-state index in [2.05, 4.69) is 39.5 Å². The van der Waals surface area contributed by atoms with E-state index in [4.69, 9.17) is 18.9 Å². The van der Waals surface area contributed by atoms with Crippen molar-refractivity contribution in [2.75, 3.05) is 33.7 Å². The highest BCUT2D eigenvalue weighted by atomic mass is 16.6. The minimum absolute atomic E-state index is 0.0284. The predicted molar refractivity (Wildman–Crippen MR) is 289 cm³/mol. The topological polar surface area (TPSA) is 112 Å². The molecule has 0 aliphatic carbocycles. The number of hydrogen-bond donors (Lipinski definition) is 0. The SMILES string of the molecule is CCCCCCC(CCCCCC)OC(=O)CCCCCCCCC(CCCCCCCCC(=O)OC(CCCCCC)CCCCCC)OC(=O)N(CCCN(C)C)CCC(=O)OC(C)CCC. The zero-order chi connectivity index (χ0) is 51.0. The summed E-state index contributed by atoms with van der Waals surface area (Å²) in [4.78, 5) is 55.9. The molecule has 0 aliphatic heterocycles. The summed E-state index contributed by atoms with van der Waals surface area (Å²) in [5.74, 6) is -0.329. The van der Waals surface area contributed by atoms with Crippen molar-refractivity contribution in [2.24, 2.45) is 0 Å². The van der Waals surface area contributed by atoms with Gasteiger partial charge in [-0.1, -0.05) is 169 Å². The molecule has 0 spiro atoms. The second-order valence-electron chi connectivity index (χ2n) is 20.9. The van der Waals surface area contributed by atoms with Crippen molar-refractivity contribution < 1.29 is 38.1 Å². The Balaban J connectivity index is 5.17. The second-order valence-corrected chi connectivity index (χ2v) is 20.9. The Bertz CT molecular complexity index is 1100. The maximum absolute atomic E-state index is 13.8. The first-order valence-electron chi connectivity index (χ1n) is 29.7. The number of ether oxygens (including phenoxy) is 4. The smallest absolute Gasteiger partial charge is 0.410 e. The van der Waals surface area contributed by atoms with Crippen molar-refractivity contribution in [2.45, 2.75) is 323 Å². The summed E-state index contributed by atoms with van der Waals surface area (Å²) in [5, 5.41) is 0. The number of carbonyl (C=O) groups excluding carboxylic acids is 4. The van der Waals surface area contributed by atoms with Crippen LogP contribution in [0.4, 0.5) is 4.79 Å². The molecular formula is C59H114N2O8. The maximum Gasteiger partial charge on any atom is 0.410 e. The lowest BCUT2D eigenvalue weighted by molar-refractivity contribution is -0.151. The normalized spacial score (nSPS) is 12.1. The van der Waals surface area contributed by atoms with E-state index < -0.39 is 0 Å². The zero-order valence-corrected chi connectivity index (χ0v) is 46.9. The van der Waals surface area contributed by atoms with Crippen LogP contribution in [-0.4, -0.2) is 91.9 Å². The van der Waals surface area contributed by atoms with Crippen LogP contribution >= 0.6 is 0 Å². The Labute approximate surface area is 427 Å². The van der Waals surface area contributed by atoms with E-state index in [1.165, 1.54) is 77.0 Å². The van der Waals surface area contributed by atoms with Gasteiger partial charge in [0.2, 0.25) is 0 Å². The molecule has 0 rings (SSSR count). The third-order valence-corrected chi connectivity index (χ3v) is 13.6. The van der Waals surface area contributed by atoms with Crippen molar-refractivity contribution in [3.8, 4) is 0 Å². The average Bonchev–Trinajstić information content (AvgIpc) is 3.31. The Kier molecular flexibility index (Phi) is 47.5. The lowest BCUT2D eigenvalue weighted by atomic mass is 10.0. The molecule has 10 heteroatoms. The first kappa shape index (κ1) is 66.6. The highest BCUT2D eigenvalue weighted by Crippen LogP contribution is 2.22. The number of rotatable bonds is 51. The lowest BCUT2D eigenvalue weighted by Crippen LogP contribution is -2.38. The molecule has 0 aliphatic rings. The van der Waals surface area contributed by atoms with Crippen molar-refractivity contribution >= 4 is 24.0 Å². The molecule has 1 unspecified atom stereocenters. The summed E-state index contributed by atoms with van der Waals surface area (Å²) in [6.45, 7) is 14.6. The zero-order valence-electron chi connectivity index (χ0n) is 46.9. The standard InChI is InChI=1S/C59H114N2O8/c1-9-14-18-30-40-53(41-31-19-15-10-2)67-56(62)46-36-28-24-22-26-34-44-55(69-59(65)61(50-38-49-60(7)8)51-48-58(64)66-52(6)39-13-5)45-35-27-23-25-29-37-47-57(63)68-54(42-32-20-16-11-3)43-33-21-17-12-4/h52-55H,9-51H2,1-8H3. The number of carbonyl (C=O) groups is 4. The quantitative estimate of drug-likeness (QED) is 0.0334. The van der Waals surface area contributed by atoms with Crippen molar-refractivity contribution in [3.05, 3.63) is 0 Å². The van der Waals surface area contributed by atoms with Gasteiger partial charge in [-0.25, -0.2) is 4.79 Å². The van der Waals surface area contributed by atoms with Gasteiger partial charge in [-0.3, -0.25) is 14.4 Å². The van der Waals surface area contributed by atoms with Crippen molar-refractivity contribution in [1.82, 2.24) is 9.80 Å². The molecule has 0 saturated heterocycles. The summed E-state index contributed by atoms with van der Waals surface area (Å²) in [5.41, 5.74) is 0. The molecule has 1 atom stereocenters. The first-order valence-corrected chi connectivity index (χ1v) is 29.7. The van der Waals surface area contributed by atoms with Crippen LogP contribution in [0.15, 0.2) is 0 Å². The highest BCUT2D eigenvalue weighted by Gasteiger charge is 2.22. The van der Waals surface area contributed by atoms with E-state index in [9.17, 15) is 19.2 Å². The van der Waals surface area contributed by atoms with Crippen LogP contribution in [0.2, 0.25) is 0 Å². The third-order valence-electron chi connectivity index (χ3n) is 13.6. The number of unbranched alkanes of at least 4 members (excludes halogenated alkanes) is 22. The fraction of sp³-hybridized carbons (Fsp3) is 0.932. The minimum Gasteiger partial charge on any atom is -0.463 e. The summed E-state index contributed by atoms with van der Waals surface area (Å²) in [6.07, 6.45) is 40.4. The molecule has 408 valence electrons. The maximum atomic E-state index is 13.8.